The average Bonchev–Trinajstić information content (AvgIpc) is 3.36. The highest BCUT2D eigenvalue weighted by atomic mass is 35.5. The van der Waals surface area contributed by atoms with Crippen molar-refractivity contribution >= 4 is 28.9 Å². The SMILES string of the molecule is Cc1cc([C@H]2[C@@H](c3ccccn3)NC(=S)N2CCCN2CCOCC2)c(C)n1-c1ccc(Cl)cc1. The summed E-state index contributed by atoms with van der Waals surface area (Å²) in [4.78, 5) is 9.54. The highest BCUT2D eigenvalue weighted by Crippen LogP contribution is 2.41. The van der Waals surface area contributed by atoms with Gasteiger partial charge in [-0.2, -0.15) is 0 Å². The van der Waals surface area contributed by atoms with Gasteiger partial charge in [0.15, 0.2) is 5.11 Å². The standard InChI is InChI=1S/C27H32ClN5OS/c1-19-18-23(20(2)33(19)22-9-7-21(28)8-10-22)26-25(24-6-3-4-11-29-24)30-27(35)32(26)13-5-12-31-14-16-34-17-15-31/h3-4,6-11,18,25-26H,5,12-17H2,1-2H3,(H,30,35)/t25-,26+/m1/s1. The van der Waals surface area contributed by atoms with Crippen molar-refractivity contribution in [3.63, 3.8) is 0 Å². The number of nitrogens with zero attached hydrogens (tertiary/aromatic N) is 4. The Morgan fingerprint density at radius 2 is 1.86 bits per heavy atom. The summed E-state index contributed by atoms with van der Waals surface area (Å²) in [6, 6.07) is 16.5. The average molecular weight is 510 g/mol. The van der Waals surface area contributed by atoms with Crippen LogP contribution in [-0.2, 0) is 4.74 Å². The molecule has 184 valence electrons. The molecule has 2 aliphatic rings. The monoisotopic (exact) mass is 509 g/mol. The first kappa shape index (κ1) is 24.3. The van der Waals surface area contributed by atoms with Crippen LogP contribution in [0.25, 0.3) is 5.69 Å². The van der Waals surface area contributed by atoms with Crippen LogP contribution in [0.5, 0.6) is 0 Å². The third-order valence-corrected chi connectivity index (χ3v) is 7.65. The van der Waals surface area contributed by atoms with Gasteiger partial charge in [-0.15, -0.1) is 0 Å². The number of halogens is 1. The molecule has 1 N–H and O–H groups in total. The van der Waals surface area contributed by atoms with Gasteiger partial charge in [0.25, 0.3) is 0 Å². The molecule has 8 heteroatoms. The lowest BCUT2D eigenvalue weighted by molar-refractivity contribution is 0.0365. The molecule has 2 saturated heterocycles. The Balaban J connectivity index is 1.47. The third kappa shape index (κ3) is 5.09. The minimum absolute atomic E-state index is 0.00810. The summed E-state index contributed by atoms with van der Waals surface area (Å²) < 4.78 is 7.80. The molecule has 4 heterocycles. The van der Waals surface area contributed by atoms with Gasteiger partial charge in [0.05, 0.1) is 31.0 Å². The molecule has 3 aromatic rings. The van der Waals surface area contributed by atoms with Crippen LogP contribution in [0.3, 0.4) is 0 Å². The lowest BCUT2D eigenvalue weighted by Gasteiger charge is -2.30. The number of benzene rings is 1. The maximum absolute atomic E-state index is 6.16. The van der Waals surface area contributed by atoms with Gasteiger partial charge < -0.3 is 19.5 Å². The summed E-state index contributed by atoms with van der Waals surface area (Å²) in [5.74, 6) is 0. The maximum atomic E-state index is 6.16. The summed E-state index contributed by atoms with van der Waals surface area (Å²) in [5, 5.41) is 5.13. The number of ether oxygens (including phenoxy) is 1. The summed E-state index contributed by atoms with van der Waals surface area (Å²) in [7, 11) is 0. The molecule has 0 unspecified atom stereocenters. The van der Waals surface area contributed by atoms with Crippen LogP contribution in [0.15, 0.2) is 54.7 Å². The number of hydrogen-bond donors (Lipinski definition) is 1. The molecule has 2 aromatic heterocycles. The summed E-state index contributed by atoms with van der Waals surface area (Å²) in [6.45, 7) is 9.95. The Morgan fingerprint density at radius 1 is 1.09 bits per heavy atom. The minimum Gasteiger partial charge on any atom is -0.379 e. The Kier molecular flexibility index (Phi) is 7.39. The number of aryl methyl sites for hydroxylation is 1. The van der Waals surface area contributed by atoms with Gasteiger partial charge >= 0.3 is 0 Å². The van der Waals surface area contributed by atoms with Crippen molar-refractivity contribution in [3.8, 4) is 5.69 Å². The summed E-state index contributed by atoms with van der Waals surface area (Å²) in [5.41, 5.74) is 5.78. The number of morpholine rings is 1. The van der Waals surface area contributed by atoms with E-state index in [2.05, 4.69) is 57.8 Å². The van der Waals surface area contributed by atoms with E-state index in [-0.39, 0.29) is 12.1 Å². The first-order chi connectivity index (χ1) is 17.0. The van der Waals surface area contributed by atoms with Crippen molar-refractivity contribution in [3.05, 3.63) is 82.4 Å². The molecule has 6 nitrogen and oxygen atoms in total. The second kappa shape index (κ2) is 10.7. The minimum atomic E-state index is -0.00810. The Bertz CT molecular complexity index is 1160. The van der Waals surface area contributed by atoms with Gasteiger partial charge in [-0.05, 0) is 80.5 Å². The first-order valence-corrected chi connectivity index (χ1v) is 13.0. The van der Waals surface area contributed by atoms with Crippen LogP contribution in [0.4, 0.5) is 0 Å². The maximum Gasteiger partial charge on any atom is 0.170 e. The summed E-state index contributed by atoms with van der Waals surface area (Å²) >= 11 is 12.0. The molecule has 2 aliphatic heterocycles. The quantitative estimate of drug-likeness (QED) is 0.460. The van der Waals surface area contributed by atoms with Gasteiger partial charge in [-0.1, -0.05) is 17.7 Å². The van der Waals surface area contributed by atoms with E-state index in [1.807, 2.05) is 30.5 Å². The van der Waals surface area contributed by atoms with Gasteiger partial charge in [-0.3, -0.25) is 9.88 Å². The van der Waals surface area contributed by atoms with Gasteiger partial charge in [0.1, 0.15) is 0 Å². The lowest BCUT2D eigenvalue weighted by atomic mass is 9.96. The van der Waals surface area contributed by atoms with Gasteiger partial charge in [0, 0.05) is 54.5 Å². The van der Waals surface area contributed by atoms with Crippen LogP contribution in [0.2, 0.25) is 5.02 Å². The third-order valence-electron chi connectivity index (χ3n) is 7.05. The molecule has 1 aromatic carbocycles. The molecule has 2 atom stereocenters. The lowest BCUT2D eigenvalue weighted by Crippen LogP contribution is -2.39. The van der Waals surface area contributed by atoms with Crippen molar-refractivity contribution < 1.29 is 4.74 Å². The number of pyridine rings is 1. The fourth-order valence-electron chi connectivity index (χ4n) is 5.35. The van der Waals surface area contributed by atoms with Crippen molar-refractivity contribution in [2.24, 2.45) is 0 Å². The van der Waals surface area contributed by atoms with Crippen molar-refractivity contribution in [2.75, 3.05) is 39.4 Å². The Morgan fingerprint density at radius 3 is 2.57 bits per heavy atom. The van der Waals surface area contributed by atoms with Crippen LogP contribution in [-0.4, -0.2) is 63.9 Å². The Labute approximate surface area is 217 Å². The van der Waals surface area contributed by atoms with Crippen molar-refractivity contribution in [1.82, 2.24) is 24.7 Å². The molecule has 0 aliphatic carbocycles. The number of hydrogen-bond acceptors (Lipinski definition) is 4. The van der Waals surface area contributed by atoms with Crippen molar-refractivity contribution in [1.29, 1.82) is 0 Å². The zero-order chi connectivity index (χ0) is 24.4. The summed E-state index contributed by atoms with van der Waals surface area (Å²) in [6.07, 6.45) is 2.90. The zero-order valence-electron chi connectivity index (χ0n) is 20.3. The van der Waals surface area contributed by atoms with Crippen LogP contribution < -0.4 is 5.32 Å². The van der Waals surface area contributed by atoms with E-state index in [0.717, 1.165) is 67.3 Å². The predicted octanol–water partition coefficient (Wildman–Crippen LogP) is 4.84. The topological polar surface area (TPSA) is 45.6 Å². The van der Waals surface area contributed by atoms with E-state index in [9.17, 15) is 0 Å². The fourth-order valence-corrected chi connectivity index (χ4v) is 5.81. The normalized spacial score (nSPS) is 20.9. The molecular formula is C27H32ClN5OS. The molecule has 0 bridgehead atoms. The van der Waals surface area contributed by atoms with E-state index in [0.29, 0.717) is 0 Å². The van der Waals surface area contributed by atoms with E-state index < -0.39 is 0 Å². The van der Waals surface area contributed by atoms with E-state index in [1.165, 1.54) is 17.0 Å². The van der Waals surface area contributed by atoms with Crippen LogP contribution >= 0.6 is 23.8 Å². The molecule has 0 amide bonds. The number of nitrogens with one attached hydrogen (secondary N) is 1. The molecule has 0 radical (unpaired) electrons. The smallest absolute Gasteiger partial charge is 0.170 e. The fraction of sp³-hybridized carbons (Fsp3) is 0.407. The van der Waals surface area contributed by atoms with E-state index >= 15 is 0 Å². The molecule has 2 fully saturated rings. The highest BCUT2D eigenvalue weighted by Gasteiger charge is 2.41. The zero-order valence-corrected chi connectivity index (χ0v) is 21.9. The van der Waals surface area contributed by atoms with Crippen LogP contribution in [0.1, 0.15) is 41.1 Å². The first-order valence-electron chi connectivity index (χ1n) is 12.3. The van der Waals surface area contributed by atoms with E-state index in [1.54, 1.807) is 0 Å². The van der Waals surface area contributed by atoms with Gasteiger partial charge in [-0.25, -0.2) is 0 Å². The number of rotatable bonds is 7. The second-order valence-electron chi connectivity index (χ2n) is 9.27. The number of thiocarbonyl (C=S) groups is 1. The molecule has 5 rings (SSSR count). The largest absolute Gasteiger partial charge is 0.379 e. The molecule has 35 heavy (non-hydrogen) atoms. The van der Waals surface area contributed by atoms with E-state index in [4.69, 9.17) is 33.5 Å². The molecular weight excluding hydrogens is 478 g/mol. The highest BCUT2D eigenvalue weighted by molar-refractivity contribution is 7.80. The van der Waals surface area contributed by atoms with Crippen LogP contribution in [0, 0.1) is 13.8 Å². The predicted molar refractivity (Wildman–Crippen MR) is 144 cm³/mol. The second-order valence-corrected chi connectivity index (χ2v) is 10.1. The Hall–Kier alpha value is -2.45. The van der Waals surface area contributed by atoms with Crippen molar-refractivity contribution in [2.45, 2.75) is 32.4 Å². The molecule has 0 saturated carbocycles. The number of aromatic nitrogens is 2. The van der Waals surface area contributed by atoms with Gasteiger partial charge in [0.2, 0.25) is 0 Å². The molecule has 0 spiro atoms.